The zero-order valence-electron chi connectivity index (χ0n) is 28.9. The number of nitrogens with one attached hydrogen (secondary N) is 3. The molecule has 10 aliphatic carbocycles. The average Bonchev–Trinajstić information content (AvgIpc) is 4.03. The van der Waals surface area contributed by atoms with Crippen LogP contribution in [0.3, 0.4) is 0 Å². The molecule has 0 spiro atoms. The number of aliphatic hydroxyl groups excluding tert-OH is 8. The number of rotatable bonds is 0. The Balaban J connectivity index is 1.15. The molecule has 12 heteroatoms. The molecule has 0 radical (unpaired) electrons. The maximum Gasteiger partial charge on any atom is 0.0930 e. The number of hydrogen-bond acceptors (Lipinski definition) is 9. The lowest BCUT2D eigenvalue weighted by molar-refractivity contribution is -0.0105. The second-order valence-electron chi connectivity index (χ2n) is 17.5. The van der Waals surface area contributed by atoms with Crippen molar-refractivity contribution in [3.05, 3.63) is 102 Å². The molecular formula is C42H40N4O8. The number of hydrogen-bond donors (Lipinski definition) is 11. The van der Waals surface area contributed by atoms with Crippen molar-refractivity contribution in [3.8, 4) is 0 Å². The van der Waals surface area contributed by atoms with Crippen molar-refractivity contribution in [2.45, 2.75) is 103 Å². The Kier molecular flexibility index (Phi) is 5.77. The topological polar surface area (TPSA) is 222 Å². The van der Waals surface area contributed by atoms with Crippen LogP contribution in [0.2, 0.25) is 0 Å². The summed E-state index contributed by atoms with van der Waals surface area (Å²) < 4.78 is 0. The molecule has 2 saturated carbocycles. The Labute approximate surface area is 306 Å². The first kappa shape index (κ1) is 31.1. The smallest absolute Gasteiger partial charge is 0.0930 e. The molecule has 2 aliphatic heterocycles. The summed E-state index contributed by atoms with van der Waals surface area (Å²) in [4.78, 5) is 16.3. The third kappa shape index (κ3) is 3.48. The summed E-state index contributed by atoms with van der Waals surface area (Å²) in [5.41, 5.74) is 9.65. The van der Waals surface area contributed by atoms with E-state index >= 15 is 0 Å². The molecule has 17 atom stereocenters. The third-order valence-electron chi connectivity index (χ3n) is 15.2. The first-order valence-corrected chi connectivity index (χ1v) is 19.4. The molecule has 276 valence electrons. The van der Waals surface area contributed by atoms with Gasteiger partial charge in [0.1, 0.15) is 0 Å². The van der Waals surface area contributed by atoms with Gasteiger partial charge in [0.25, 0.3) is 0 Å². The molecule has 2 fully saturated rings. The molecule has 15 rings (SSSR count). The largest absolute Gasteiger partial charge is 0.390 e. The molecule has 3 aromatic rings. The van der Waals surface area contributed by atoms with Gasteiger partial charge in [-0.05, 0) is 81.7 Å². The van der Waals surface area contributed by atoms with E-state index < -0.39 is 78.5 Å². The van der Waals surface area contributed by atoms with Gasteiger partial charge < -0.3 is 55.8 Å². The molecule has 17 unspecified atom stereocenters. The van der Waals surface area contributed by atoms with Crippen LogP contribution < -0.4 is 21.4 Å². The number of aromatic nitrogens is 3. The van der Waals surface area contributed by atoms with Crippen molar-refractivity contribution in [1.29, 1.82) is 0 Å². The van der Waals surface area contributed by atoms with Gasteiger partial charge in [-0.2, -0.15) is 0 Å². The summed E-state index contributed by atoms with van der Waals surface area (Å²) in [7, 11) is 0. The van der Waals surface area contributed by atoms with Crippen LogP contribution in [0, 0.1) is 11.8 Å². The lowest BCUT2D eigenvalue weighted by atomic mass is 9.68. The molecule has 0 saturated heterocycles. The maximum atomic E-state index is 11.3. The number of fused-ring (bicyclic) bond motifs is 22. The fourth-order valence-electron chi connectivity index (χ4n) is 13.0. The van der Waals surface area contributed by atoms with Crippen molar-refractivity contribution in [2.24, 2.45) is 16.8 Å². The standard InChI is InChI=1S/C42H40N4O8/c47-35-11-1-3-13(37(35)49)29-21-8-23-31-15-5-17(41(53)39(15)51)33(31)25(45-23)10-26-34-18-6-16(40(52)42(18)54)32(34)24(46-26)9-22-30-14-4-2-12(36(48)38(14)50)28(30)20(44-22)7-19(43-21)27(11)29/h1-4,7-18,25,35-44,46-54H,5-6H2/b19-7?,21-8?,24-9-,26-10-. The van der Waals surface area contributed by atoms with E-state index in [0.717, 1.165) is 77.3 Å². The van der Waals surface area contributed by atoms with E-state index in [9.17, 15) is 40.9 Å². The molecule has 5 heterocycles. The van der Waals surface area contributed by atoms with Crippen molar-refractivity contribution < 1.29 is 40.9 Å². The van der Waals surface area contributed by atoms with E-state index in [1.165, 1.54) is 0 Å². The fourth-order valence-corrected chi connectivity index (χ4v) is 13.0. The van der Waals surface area contributed by atoms with Gasteiger partial charge in [-0.25, -0.2) is 0 Å². The monoisotopic (exact) mass is 728 g/mol. The fraction of sp³-hybridized carbons (Fsp3) is 0.452. The molecule has 54 heavy (non-hydrogen) atoms. The average molecular weight is 729 g/mol. The summed E-state index contributed by atoms with van der Waals surface area (Å²) in [6.45, 7) is 0. The van der Waals surface area contributed by atoms with Crippen molar-refractivity contribution in [1.82, 2.24) is 15.0 Å². The minimum atomic E-state index is -0.998. The van der Waals surface area contributed by atoms with Crippen molar-refractivity contribution in [3.63, 3.8) is 0 Å². The third-order valence-corrected chi connectivity index (χ3v) is 15.2. The van der Waals surface area contributed by atoms with E-state index in [1.807, 2.05) is 42.5 Å². The summed E-state index contributed by atoms with van der Waals surface area (Å²) >= 11 is 0. The van der Waals surface area contributed by atoms with E-state index in [0.29, 0.717) is 18.6 Å². The SMILES string of the molecule is OC1C2CC(C3=C2C2=NC3/C=c3\[nH]/c(c4c3C3CC4C(O)C3O)=C\c3[nH]c(c4c3C3C=CC4C(O)C3O)C=c3[nH]c(c4c3C3C=CC4C(O)C3O)=C2)C1O. The Bertz CT molecular complexity index is 2660. The van der Waals surface area contributed by atoms with E-state index in [4.69, 9.17) is 4.99 Å². The van der Waals surface area contributed by atoms with Gasteiger partial charge in [-0.15, -0.1) is 0 Å². The predicted octanol–water partition coefficient (Wildman–Crippen LogP) is -2.35. The molecule has 0 aromatic carbocycles. The van der Waals surface area contributed by atoms with Crippen LogP contribution in [0.25, 0.3) is 24.3 Å². The molecule has 3 aromatic heterocycles. The van der Waals surface area contributed by atoms with Crippen LogP contribution in [-0.2, 0) is 0 Å². The first-order valence-electron chi connectivity index (χ1n) is 19.4. The molecular weight excluding hydrogens is 688 g/mol. The van der Waals surface area contributed by atoms with Crippen LogP contribution in [0.5, 0.6) is 0 Å². The summed E-state index contributed by atoms with van der Waals surface area (Å²) in [5.74, 6) is -2.94. The maximum absolute atomic E-state index is 11.3. The second kappa shape index (κ2) is 10.00. The van der Waals surface area contributed by atoms with Gasteiger partial charge in [0.05, 0.1) is 60.6 Å². The van der Waals surface area contributed by atoms with E-state index in [1.54, 1.807) is 0 Å². The summed E-state index contributed by atoms with van der Waals surface area (Å²) in [6, 6.07) is -0.448. The lowest BCUT2D eigenvalue weighted by Crippen LogP contribution is -2.45. The highest BCUT2D eigenvalue weighted by atomic mass is 16.3. The Hall–Kier alpha value is -4.11. The van der Waals surface area contributed by atoms with Gasteiger partial charge in [-0.1, -0.05) is 24.3 Å². The minimum Gasteiger partial charge on any atom is -0.390 e. The normalized spacial score (nSPS) is 45.7. The van der Waals surface area contributed by atoms with E-state index in [-0.39, 0.29) is 23.7 Å². The van der Waals surface area contributed by atoms with Crippen molar-refractivity contribution >= 4 is 30.0 Å². The van der Waals surface area contributed by atoms with E-state index in [2.05, 4.69) is 21.0 Å². The van der Waals surface area contributed by atoms with Crippen LogP contribution in [0.1, 0.15) is 93.1 Å². The number of H-pyrrole nitrogens is 3. The van der Waals surface area contributed by atoms with Crippen LogP contribution in [0.4, 0.5) is 0 Å². The van der Waals surface area contributed by atoms with Crippen LogP contribution in [0.15, 0.2) is 40.4 Å². The highest BCUT2D eigenvalue weighted by molar-refractivity contribution is 6.23. The molecule has 12 nitrogen and oxygen atoms in total. The summed E-state index contributed by atoms with van der Waals surface area (Å²) in [6.07, 6.45) is 9.62. The number of nitrogens with zero attached hydrogens (tertiary/aromatic N) is 1. The molecule has 12 aliphatic rings. The Morgan fingerprint density at radius 2 is 0.889 bits per heavy atom. The van der Waals surface area contributed by atoms with Crippen molar-refractivity contribution in [2.75, 3.05) is 0 Å². The van der Waals surface area contributed by atoms with Gasteiger partial charge in [0.2, 0.25) is 0 Å². The Morgan fingerprint density at radius 3 is 1.48 bits per heavy atom. The highest BCUT2D eigenvalue weighted by Crippen LogP contribution is 2.55. The van der Waals surface area contributed by atoms with Gasteiger partial charge in [-0.3, -0.25) is 4.99 Å². The number of aliphatic imine (C=N–C) groups is 1. The summed E-state index contributed by atoms with van der Waals surface area (Å²) in [5, 5.41) is 93.0. The van der Waals surface area contributed by atoms with Crippen LogP contribution in [-0.4, -0.2) is 116 Å². The number of aromatic amines is 3. The van der Waals surface area contributed by atoms with Gasteiger partial charge >= 0.3 is 0 Å². The molecule has 11 N–H and O–H groups in total. The zero-order valence-corrected chi connectivity index (χ0v) is 28.9. The lowest BCUT2D eigenvalue weighted by Gasteiger charge is -2.40. The zero-order chi connectivity index (χ0) is 36.4. The Morgan fingerprint density at radius 1 is 0.444 bits per heavy atom. The minimum absolute atomic E-state index is 0.262. The highest BCUT2D eigenvalue weighted by Gasteiger charge is 2.56. The molecule has 16 bridgehead atoms. The number of aliphatic hydroxyl groups is 8. The van der Waals surface area contributed by atoms with Gasteiger partial charge in [0, 0.05) is 80.1 Å². The van der Waals surface area contributed by atoms with Gasteiger partial charge in [0.15, 0.2) is 0 Å². The first-order chi connectivity index (χ1) is 26.1. The predicted molar refractivity (Wildman–Crippen MR) is 194 cm³/mol. The quantitative estimate of drug-likeness (QED) is 0.112. The molecule has 0 amide bonds. The second-order valence-corrected chi connectivity index (χ2v) is 17.5. The van der Waals surface area contributed by atoms with Crippen LogP contribution >= 0.6 is 0 Å².